The molecule has 2 bridgehead atoms. The molecule has 14 heavy (non-hydrogen) atoms. The lowest BCUT2D eigenvalue weighted by molar-refractivity contribution is -0.0416. The average Bonchev–Trinajstić information content (AvgIpc) is 2.88. The van der Waals surface area contributed by atoms with Gasteiger partial charge in [0.1, 0.15) is 0 Å². The van der Waals surface area contributed by atoms with Crippen LogP contribution in [0.5, 0.6) is 0 Å². The van der Waals surface area contributed by atoms with Crippen molar-refractivity contribution in [2.45, 2.75) is 37.9 Å². The molecule has 3 heteroatoms. The number of hydrogen-bond acceptors (Lipinski definition) is 3. The molecule has 76 valence electrons. The molecule has 1 aliphatic carbocycles. The molecular weight excluding hydrogens is 176 g/mol. The summed E-state index contributed by atoms with van der Waals surface area (Å²) in [5.74, 6) is 0. The van der Waals surface area contributed by atoms with Crippen LogP contribution in [0.1, 0.15) is 25.7 Å². The first kappa shape index (κ1) is 8.70. The van der Waals surface area contributed by atoms with Gasteiger partial charge in [-0.1, -0.05) is 0 Å². The Morgan fingerprint density at radius 2 is 1.93 bits per heavy atom. The summed E-state index contributed by atoms with van der Waals surface area (Å²) in [7, 11) is 0. The standard InChI is InChI=1S/C11H16N2O/c12-7-11(3-4-11)8-13-5-9-1-2-10(6-13)14-9/h9-10H,1-6,8H2. The van der Waals surface area contributed by atoms with E-state index in [0.29, 0.717) is 12.2 Å². The van der Waals surface area contributed by atoms with E-state index in [1.807, 2.05) is 0 Å². The monoisotopic (exact) mass is 192 g/mol. The number of ether oxygens (including phenoxy) is 1. The summed E-state index contributed by atoms with van der Waals surface area (Å²) in [4.78, 5) is 2.45. The van der Waals surface area contributed by atoms with Crippen LogP contribution in [0.25, 0.3) is 0 Å². The first-order valence-corrected chi connectivity index (χ1v) is 5.59. The summed E-state index contributed by atoms with van der Waals surface area (Å²) >= 11 is 0. The largest absolute Gasteiger partial charge is 0.372 e. The van der Waals surface area contributed by atoms with Crippen LogP contribution in [0.3, 0.4) is 0 Å². The molecule has 2 heterocycles. The Bertz CT molecular complexity index is 268. The van der Waals surface area contributed by atoms with Gasteiger partial charge in [-0.2, -0.15) is 5.26 Å². The Kier molecular flexibility index (Phi) is 1.83. The minimum atomic E-state index is 0.0246. The van der Waals surface area contributed by atoms with Gasteiger partial charge in [-0.25, -0.2) is 0 Å². The van der Waals surface area contributed by atoms with Crippen molar-refractivity contribution >= 4 is 0 Å². The molecule has 0 radical (unpaired) electrons. The van der Waals surface area contributed by atoms with E-state index in [0.717, 1.165) is 32.5 Å². The Hall–Kier alpha value is -0.590. The number of nitriles is 1. The lowest BCUT2D eigenvalue weighted by atomic mass is 10.1. The second kappa shape index (κ2) is 2.95. The van der Waals surface area contributed by atoms with Crippen LogP contribution >= 0.6 is 0 Å². The van der Waals surface area contributed by atoms with E-state index in [2.05, 4.69) is 11.0 Å². The van der Waals surface area contributed by atoms with Crippen molar-refractivity contribution in [3.05, 3.63) is 0 Å². The summed E-state index contributed by atoms with van der Waals surface area (Å²) in [6, 6.07) is 2.47. The van der Waals surface area contributed by atoms with Crippen molar-refractivity contribution in [2.24, 2.45) is 5.41 Å². The van der Waals surface area contributed by atoms with Crippen LogP contribution in [0, 0.1) is 16.7 Å². The van der Waals surface area contributed by atoms with Crippen LogP contribution in [0.2, 0.25) is 0 Å². The van der Waals surface area contributed by atoms with Gasteiger partial charge < -0.3 is 4.74 Å². The number of hydrogen-bond donors (Lipinski definition) is 0. The second-order valence-corrected chi connectivity index (χ2v) is 5.04. The maximum Gasteiger partial charge on any atom is 0.0707 e. The highest BCUT2D eigenvalue weighted by molar-refractivity contribution is 5.11. The van der Waals surface area contributed by atoms with Crippen LogP contribution in [-0.4, -0.2) is 36.7 Å². The first-order valence-electron chi connectivity index (χ1n) is 5.59. The fourth-order valence-electron chi connectivity index (χ4n) is 2.71. The van der Waals surface area contributed by atoms with E-state index in [9.17, 15) is 0 Å². The zero-order valence-electron chi connectivity index (χ0n) is 8.41. The smallest absolute Gasteiger partial charge is 0.0707 e. The Morgan fingerprint density at radius 3 is 2.43 bits per heavy atom. The van der Waals surface area contributed by atoms with Crippen LogP contribution in [0.4, 0.5) is 0 Å². The lowest BCUT2D eigenvalue weighted by Crippen LogP contribution is -2.44. The average molecular weight is 192 g/mol. The van der Waals surface area contributed by atoms with Crippen LogP contribution < -0.4 is 0 Å². The molecule has 0 aromatic carbocycles. The van der Waals surface area contributed by atoms with Gasteiger partial charge in [-0.3, -0.25) is 4.90 Å². The zero-order valence-corrected chi connectivity index (χ0v) is 8.41. The molecule has 3 fully saturated rings. The van der Waals surface area contributed by atoms with Crippen molar-refractivity contribution in [3.8, 4) is 6.07 Å². The molecule has 3 nitrogen and oxygen atoms in total. The molecule has 2 saturated heterocycles. The molecule has 0 N–H and O–H groups in total. The number of rotatable bonds is 2. The van der Waals surface area contributed by atoms with E-state index in [1.54, 1.807) is 0 Å². The molecule has 0 spiro atoms. The fraction of sp³-hybridized carbons (Fsp3) is 0.909. The molecule has 3 rings (SSSR count). The quantitative estimate of drug-likeness (QED) is 0.658. The molecule has 1 saturated carbocycles. The number of fused-ring (bicyclic) bond motifs is 2. The highest BCUT2D eigenvalue weighted by atomic mass is 16.5. The zero-order chi connectivity index (χ0) is 9.60. The summed E-state index contributed by atoms with van der Waals surface area (Å²) in [6.07, 6.45) is 5.58. The van der Waals surface area contributed by atoms with Gasteiger partial charge in [0.25, 0.3) is 0 Å². The number of nitrogens with zero attached hydrogens (tertiary/aromatic N) is 2. The van der Waals surface area contributed by atoms with Crippen molar-refractivity contribution in [1.29, 1.82) is 5.26 Å². The highest BCUT2D eigenvalue weighted by Gasteiger charge is 2.46. The SMILES string of the molecule is N#CC1(CN2CC3CCC(C2)O3)CC1. The fourth-order valence-corrected chi connectivity index (χ4v) is 2.71. The molecule has 3 aliphatic rings. The van der Waals surface area contributed by atoms with E-state index in [-0.39, 0.29) is 5.41 Å². The topological polar surface area (TPSA) is 36.3 Å². The summed E-state index contributed by atoms with van der Waals surface area (Å²) < 4.78 is 5.77. The van der Waals surface area contributed by atoms with Crippen LogP contribution in [0.15, 0.2) is 0 Å². The maximum atomic E-state index is 9.03. The predicted molar refractivity (Wildman–Crippen MR) is 51.6 cm³/mol. The molecule has 2 unspecified atom stereocenters. The number of likely N-dealkylation sites (tertiary alicyclic amines) is 1. The van der Waals surface area contributed by atoms with Gasteiger partial charge in [0.05, 0.1) is 23.7 Å². The third kappa shape index (κ3) is 1.43. The molecule has 0 aromatic heterocycles. The lowest BCUT2D eigenvalue weighted by Gasteiger charge is -2.33. The molecule has 0 amide bonds. The third-order valence-electron chi connectivity index (χ3n) is 3.74. The first-order chi connectivity index (χ1) is 6.80. The Labute approximate surface area is 84.6 Å². The van der Waals surface area contributed by atoms with Crippen molar-refractivity contribution in [1.82, 2.24) is 4.90 Å². The van der Waals surface area contributed by atoms with Crippen LogP contribution in [-0.2, 0) is 4.74 Å². The second-order valence-electron chi connectivity index (χ2n) is 5.04. The normalized spacial score (nSPS) is 39.4. The molecular formula is C11H16N2O. The minimum Gasteiger partial charge on any atom is -0.372 e. The maximum absolute atomic E-state index is 9.03. The van der Waals surface area contributed by atoms with E-state index >= 15 is 0 Å². The van der Waals surface area contributed by atoms with Gasteiger partial charge in [0.2, 0.25) is 0 Å². The summed E-state index contributed by atoms with van der Waals surface area (Å²) in [5.41, 5.74) is 0.0246. The highest BCUT2D eigenvalue weighted by Crippen LogP contribution is 2.46. The van der Waals surface area contributed by atoms with Gasteiger partial charge in [-0.05, 0) is 25.7 Å². The third-order valence-corrected chi connectivity index (χ3v) is 3.74. The Balaban J connectivity index is 1.62. The molecule has 2 aliphatic heterocycles. The Morgan fingerprint density at radius 1 is 1.29 bits per heavy atom. The van der Waals surface area contributed by atoms with E-state index in [1.165, 1.54) is 12.8 Å². The van der Waals surface area contributed by atoms with Gasteiger partial charge in [0.15, 0.2) is 0 Å². The van der Waals surface area contributed by atoms with E-state index in [4.69, 9.17) is 10.00 Å². The summed E-state index contributed by atoms with van der Waals surface area (Å²) in [5, 5.41) is 9.03. The van der Waals surface area contributed by atoms with Gasteiger partial charge >= 0.3 is 0 Å². The van der Waals surface area contributed by atoms with Gasteiger partial charge in [-0.15, -0.1) is 0 Å². The van der Waals surface area contributed by atoms with Crippen molar-refractivity contribution in [3.63, 3.8) is 0 Å². The molecule has 2 atom stereocenters. The number of morpholine rings is 1. The van der Waals surface area contributed by atoms with E-state index < -0.39 is 0 Å². The molecule has 0 aromatic rings. The van der Waals surface area contributed by atoms with Crippen molar-refractivity contribution in [2.75, 3.05) is 19.6 Å². The van der Waals surface area contributed by atoms with Crippen molar-refractivity contribution < 1.29 is 4.74 Å². The van der Waals surface area contributed by atoms with Gasteiger partial charge in [0, 0.05) is 19.6 Å². The summed E-state index contributed by atoms with van der Waals surface area (Å²) in [6.45, 7) is 3.10. The minimum absolute atomic E-state index is 0.0246. The predicted octanol–water partition coefficient (Wildman–Crippen LogP) is 1.15.